The van der Waals surface area contributed by atoms with Crippen LogP contribution in [0, 0.1) is 0 Å². The molecule has 2 heterocycles. The summed E-state index contributed by atoms with van der Waals surface area (Å²) in [5.74, 6) is 0.879. The normalized spacial score (nSPS) is 10.7. The largest absolute Gasteiger partial charge is 0.497 e. The molecule has 0 amide bonds. The van der Waals surface area contributed by atoms with Crippen LogP contribution >= 0.6 is 11.3 Å². The van der Waals surface area contributed by atoms with Gasteiger partial charge in [-0.2, -0.15) is 0 Å². The van der Waals surface area contributed by atoms with E-state index in [2.05, 4.69) is 20.9 Å². The van der Waals surface area contributed by atoms with Crippen LogP contribution < -0.4 is 9.64 Å². The van der Waals surface area contributed by atoms with Crippen molar-refractivity contribution >= 4 is 26.7 Å². The van der Waals surface area contributed by atoms with E-state index in [0.29, 0.717) is 0 Å². The number of fused-ring (bicyclic) bond motifs is 1. The van der Waals surface area contributed by atoms with Crippen molar-refractivity contribution in [3.05, 3.63) is 48.3 Å². The Labute approximate surface area is 121 Å². The Morgan fingerprint density at radius 2 is 2.20 bits per heavy atom. The Bertz CT molecular complexity index is 693. The average Bonchev–Trinajstić information content (AvgIpc) is 2.91. The molecule has 0 aliphatic heterocycles. The van der Waals surface area contributed by atoms with Gasteiger partial charge in [0.05, 0.1) is 18.0 Å². The van der Waals surface area contributed by atoms with Crippen molar-refractivity contribution in [2.24, 2.45) is 0 Å². The minimum absolute atomic E-state index is 0.796. The molecule has 0 aliphatic rings. The Hall–Kier alpha value is -2.14. The lowest BCUT2D eigenvalue weighted by Crippen LogP contribution is -2.15. The van der Waals surface area contributed by atoms with E-state index in [-0.39, 0.29) is 0 Å². The molecule has 0 bridgehead atoms. The first-order valence-electron chi connectivity index (χ1n) is 6.31. The first kappa shape index (κ1) is 12.9. The molecule has 3 aromatic rings. The summed E-state index contributed by atoms with van der Waals surface area (Å²) in [5, 5.41) is 0.996. The summed E-state index contributed by atoms with van der Waals surface area (Å²) in [4.78, 5) is 10.8. The van der Waals surface area contributed by atoms with Gasteiger partial charge in [-0.25, -0.2) is 4.98 Å². The van der Waals surface area contributed by atoms with Crippen LogP contribution in [0.4, 0.5) is 5.13 Å². The van der Waals surface area contributed by atoms with Crippen molar-refractivity contribution in [2.75, 3.05) is 19.1 Å². The molecule has 5 heteroatoms. The molecule has 20 heavy (non-hydrogen) atoms. The summed E-state index contributed by atoms with van der Waals surface area (Å²) in [5.41, 5.74) is 2.15. The minimum atomic E-state index is 0.796. The number of thiazole rings is 1. The van der Waals surface area contributed by atoms with E-state index >= 15 is 0 Å². The highest BCUT2D eigenvalue weighted by molar-refractivity contribution is 7.22. The van der Waals surface area contributed by atoms with E-state index in [1.807, 2.05) is 31.3 Å². The Kier molecular flexibility index (Phi) is 3.52. The SMILES string of the molecule is COc1cccc(CN(C)c2nc3cnccc3s2)c1. The third kappa shape index (κ3) is 2.58. The van der Waals surface area contributed by atoms with Crippen LogP contribution in [0.15, 0.2) is 42.7 Å². The summed E-state index contributed by atoms with van der Waals surface area (Å²) in [6.07, 6.45) is 3.60. The second-order valence-electron chi connectivity index (χ2n) is 4.55. The van der Waals surface area contributed by atoms with E-state index in [1.54, 1.807) is 30.8 Å². The van der Waals surface area contributed by atoms with Crippen LogP contribution in [0.3, 0.4) is 0 Å². The van der Waals surface area contributed by atoms with Crippen LogP contribution in [-0.2, 0) is 6.54 Å². The maximum absolute atomic E-state index is 5.25. The van der Waals surface area contributed by atoms with Crippen molar-refractivity contribution in [2.45, 2.75) is 6.54 Å². The van der Waals surface area contributed by atoms with Crippen LogP contribution in [-0.4, -0.2) is 24.1 Å². The van der Waals surface area contributed by atoms with Crippen molar-refractivity contribution < 1.29 is 4.74 Å². The van der Waals surface area contributed by atoms with Crippen LogP contribution in [0.1, 0.15) is 5.56 Å². The maximum Gasteiger partial charge on any atom is 0.186 e. The molecule has 102 valence electrons. The molecule has 0 fully saturated rings. The van der Waals surface area contributed by atoms with Crippen molar-refractivity contribution in [3.63, 3.8) is 0 Å². The van der Waals surface area contributed by atoms with E-state index in [1.165, 1.54) is 5.56 Å². The molecule has 0 saturated heterocycles. The number of methoxy groups -OCH3 is 1. The van der Waals surface area contributed by atoms with Gasteiger partial charge in [0.1, 0.15) is 11.3 Å². The van der Waals surface area contributed by atoms with Crippen LogP contribution in [0.5, 0.6) is 5.75 Å². The fraction of sp³-hybridized carbons (Fsp3) is 0.200. The second-order valence-corrected chi connectivity index (χ2v) is 5.56. The lowest BCUT2D eigenvalue weighted by atomic mass is 10.2. The summed E-state index contributed by atoms with van der Waals surface area (Å²) < 4.78 is 6.41. The number of benzene rings is 1. The predicted octanol–water partition coefficient (Wildman–Crippen LogP) is 3.34. The number of rotatable bonds is 4. The Morgan fingerprint density at radius 3 is 3.00 bits per heavy atom. The number of hydrogen-bond donors (Lipinski definition) is 0. The first-order chi connectivity index (χ1) is 9.76. The molecular weight excluding hydrogens is 270 g/mol. The number of nitrogens with zero attached hydrogens (tertiary/aromatic N) is 3. The number of pyridine rings is 1. The number of hydrogen-bond acceptors (Lipinski definition) is 5. The summed E-state index contributed by atoms with van der Waals surface area (Å²) in [6.45, 7) is 0.796. The molecule has 3 rings (SSSR count). The lowest BCUT2D eigenvalue weighted by Gasteiger charge is -2.16. The van der Waals surface area contributed by atoms with Gasteiger partial charge in [0, 0.05) is 19.8 Å². The third-order valence-electron chi connectivity index (χ3n) is 3.06. The monoisotopic (exact) mass is 285 g/mol. The number of anilines is 1. The minimum Gasteiger partial charge on any atom is -0.497 e. The van der Waals surface area contributed by atoms with Crippen molar-refractivity contribution in [1.82, 2.24) is 9.97 Å². The zero-order chi connectivity index (χ0) is 13.9. The summed E-state index contributed by atoms with van der Waals surface area (Å²) in [7, 11) is 3.73. The average molecular weight is 285 g/mol. The molecule has 2 aromatic heterocycles. The lowest BCUT2D eigenvalue weighted by molar-refractivity contribution is 0.414. The van der Waals surface area contributed by atoms with Gasteiger partial charge in [-0.3, -0.25) is 4.98 Å². The summed E-state index contributed by atoms with van der Waals surface area (Å²) >= 11 is 1.68. The molecule has 0 saturated carbocycles. The first-order valence-corrected chi connectivity index (χ1v) is 7.12. The van der Waals surface area contributed by atoms with Gasteiger partial charge in [-0.15, -0.1) is 0 Å². The van der Waals surface area contributed by atoms with E-state index in [0.717, 1.165) is 27.6 Å². The second kappa shape index (κ2) is 5.46. The van der Waals surface area contributed by atoms with Crippen LogP contribution in [0.25, 0.3) is 10.2 Å². The van der Waals surface area contributed by atoms with Gasteiger partial charge in [-0.05, 0) is 23.8 Å². The zero-order valence-electron chi connectivity index (χ0n) is 11.4. The maximum atomic E-state index is 5.25. The van der Waals surface area contributed by atoms with Gasteiger partial charge in [0.15, 0.2) is 5.13 Å². The molecular formula is C15H15N3OS. The molecule has 4 nitrogen and oxygen atoms in total. The molecule has 0 radical (unpaired) electrons. The van der Waals surface area contributed by atoms with Crippen molar-refractivity contribution in [3.8, 4) is 5.75 Å². The molecule has 0 spiro atoms. The predicted molar refractivity (Wildman–Crippen MR) is 82.5 cm³/mol. The number of ether oxygens (including phenoxy) is 1. The molecule has 0 atom stereocenters. The quantitative estimate of drug-likeness (QED) is 0.737. The van der Waals surface area contributed by atoms with Gasteiger partial charge < -0.3 is 9.64 Å². The Morgan fingerprint density at radius 1 is 1.30 bits per heavy atom. The Balaban J connectivity index is 1.82. The standard InChI is InChI=1S/C15H15N3OS/c1-18(10-11-4-3-5-12(8-11)19-2)15-17-13-9-16-7-6-14(13)20-15/h3-9H,10H2,1-2H3. The van der Waals surface area contributed by atoms with E-state index in [9.17, 15) is 0 Å². The van der Waals surface area contributed by atoms with Gasteiger partial charge in [0.2, 0.25) is 0 Å². The fourth-order valence-electron chi connectivity index (χ4n) is 2.04. The zero-order valence-corrected chi connectivity index (χ0v) is 12.2. The highest BCUT2D eigenvalue weighted by atomic mass is 32.1. The number of aromatic nitrogens is 2. The van der Waals surface area contributed by atoms with Gasteiger partial charge in [-0.1, -0.05) is 23.5 Å². The summed E-state index contributed by atoms with van der Waals surface area (Å²) in [6, 6.07) is 10.1. The molecule has 0 unspecified atom stereocenters. The molecule has 1 aromatic carbocycles. The molecule has 0 N–H and O–H groups in total. The third-order valence-corrected chi connectivity index (χ3v) is 4.21. The highest BCUT2D eigenvalue weighted by Crippen LogP contribution is 2.28. The van der Waals surface area contributed by atoms with E-state index in [4.69, 9.17) is 4.74 Å². The van der Waals surface area contributed by atoms with E-state index < -0.39 is 0 Å². The molecule has 0 aliphatic carbocycles. The fourth-order valence-corrected chi connectivity index (χ4v) is 2.94. The highest BCUT2D eigenvalue weighted by Gasteiger charge is 2.09. The smallest absolute Gasteiger partial charge is 0.186 e. The van der Waals surface area contributed by atoms with Gasteiger partial charge >= 0.3 is 0 Å². The van der Waals surface area contributed by atoms with Crippen molar-refractivity contribution in [1.29, 1.82) is 0 Å². The van der Waals surface area contributed by atoms with Crippen LogP contribution in [0.2, 0.25) is 0 Å². The van der Waals surface area contributed by atoms with Gasteiger partial charge in [0.25, 0.3) is 0 Å². The topological polar surface area (TPSA) is 38.2 Å².